The van der Waals surface area contributed by atoms with E-state index in [0.717, 1.165) is 34.0 Å². The number of aliphatic carboxylic acids is 1. The van der Waals surface area contributed by atoms with E-state index in [1.165, 1.54) is 54.8 Å². The monoisotopic (exact) mass is 562 g/mol. The number of hydrogen-bond acceptors (Lipinski definition) is 4. The second kappa shape index (κ2) is 12.1. The number of rotatable bonds is 8. The maximum absolute atomic E-state index is 13.2. The smallest absolute Gasteiger partial charge is 0.328 e. The van der Waals surface area contributed by atoms with Crippen molar-refractivity contribution < 1.29 is 24.2 Å². The van der Waals surface area contributed by atoms with Gasteiger partial charge in [-0.15, -0.1) is 0 Å². The fraction of sp³-hybridized carbons (Fsp3) is 0.286. The van der Waals surface area contributed by atoms with Crippen LogP contribution in [0.4, 0.5) is 0 Å². The minimum atomic E-state index is -1.01. The zero-order valence-corrected chi connectivity index (χ0v) is 23.5. The molecule has 1 aliphatic heterocycles. The molecule has 1 fully saturated rings. The molecule has 0 bridgehead atoms. The van der Waals surface area contributed by atoms with E-state index in [9.17, 15) is 14.4 Å². The van der Waals surface area contributed by atoms with Crippen LogP contribution < -0.4 is 10.1 Å². The third-order valence-electron chi connectivity index (χ3n) is 8.34. The van der Waals surface area contributed by atoms with Crippen LogP contribution in [0, 0.1) is 0 Å². The highest BCUT2D eigenvalue weighted by Gasteiger charge is 2.29. The molecule has 0 spiro atoms. The van der Waals surface area contributed by atoms with Gasteiger partial charge < -0.3 is 19.7 Å². The van der Waals surface area contributed by atoms with E-state index in [4.69, 9.17) is 9.84 Å². The summed E-state index contributed by atoms with van der Waals surface area (Å²) in [5.41, 5.74) is 6.78. The van der Waals surface area contributed by atoms with Crippen molar-refractivity contribution in [2.75, 3.05) is 13.2 Å². The van der Waals surface area contributed by atoms with Gasteiger partial charge in [-0.2, -0.15) is 0 Å². The van der Waals surface area contributed by atoms with Crippen LogP contribution in [0.15, 0.2) is 72.8 Å². The molecule has 0 radical (unpaired) electrons. The van der Waals surface area contributed by atoms with Crippen molar-refractivity contribution in [1.82, 2.24) is 9.88 Å². The molecule has 3 aromatic carbocycles. The number of hydrogen-bond donors (Lipinski definition) is 2. The molecule has 6 rings (SSSR count). The molecular formula is C35H34N2O5. The van der Waals surface area contributed by atoms with E-state index >= 15 is 0 Å². The number of ketones is 1. The Kier molecular flexibility index (Phi) is 7.91. The van der Waals surface area contributed by atoms with Crippen molar-refractivity contribution in [3.8, 4) is 17.0 Å². The molecular weight excluding hydrogens is 528 g/mol. The van der Waals surface area contributed by atoms with Crippen LogP contribution >= 0.6 is 0 Å². The number of carbonyl (C=O) groups excluding carboxylic acids is 2. The average Bonchev–Trinajstić information content (AvgIpc) is 3.20. The first-order chi connectivity index (χ1) is 20.5. The summed E-state index contributed by atoms with van der Waals surface area (Å²) in [4.78, 5) is 36.6. The first-order valence-corrected chi connectivity index (χ1v) is 14.7. The van der Waals surface area contributed by atoms with Crippen molar-refractivity contribution in [3.63, 3.8) is 0 Å². The molecule has 4 aromatic rings. The van der Waals surface area contributed by atoms with Crippen LogP contribution in [-0.2, 0) is 22.6 Å². The van der Waals surface area contributed by atoms with Gasteiger partial charge in [-0.05, 0) is 65.8 Å². The SMILES string of the molecule is O=C(O)/C=C/c1ccc(CC(=O)CNC(=O)c2ccc3c(C4CCCCC4)c4n(c3c2)CCOc2ccccc2-4)cc1. The molecule has 0 unspecified atom stereocenters. The van der Waals surface area contributed by atoms with Gasteiger partial charge >= 0.3 is 5.97 Å². The number of fused-ring (bicyclic) bond motifs is 5. The predicted molar refractivity (Wildman–Crippen MR) is 163 cm³/mol. The van der Waals surface area contributed by atoms with Crippen LogP contribution in [0.1, 0.15) is 65.1 Å². The highest BCUT2D eigenvalue weighted by atomic mass is 16.5. The number of para-hydroxylation sites is 1. The third-order valence-corrected chi connectivity index (χ3v) is 8.34. The maximum atomic E-state index is 13.2. The number of nitrogens with one attached hydrogen (secondary N) is 1. The quantitative estimate of drug-likeness (QED) is 0.243. The fourth-order valence-corrected chi connectivity index (χ4v) is 6.36. The van der Waals surface area contributed by atoms with Crippen molar-refractivity contribution in [1.29, 1.82) is 0 Å². The van der Waals surface area contributed by atoms with Crippen LogP contribution in [-0.4, -0.2) is 40.5 Å². The molecule has 0 atom stereocenters. The normalized spacial score (nSPS) is 15.0. The van der Waals surface area contributed by atoms with E-state index in [1.807, 2.05) is 24.3 Å². The molecule has 1 aliphatic carbocycles. The number of aromatic nitrogens is 1. The second-order valence-electron chi connectivity index (χ2n) is 11.1. The standard InChI is InChI=1S/C35H34N2O5/c38-27(20-24-12-10-23(11-13-24)14-17-32(39)40)22-36-35(41)26-15-16-28-30(21-26)37-18-19-42-31-9-5-4-8-29(31)34(37)33(28)25-6-2-1-3-7-25/h4-5,8-17,21,25H,1-3,6-7,18-20,22H2,(H,36,41)(H,39,40)/b17-14+. The Morgan fingerprint density at radius 2 is 1.76 bits per heavy atom. The topological polar surface area (TPSA) is 97.6 Å². The Balaban J connectivity index is 1.23. The predicted octanol–water partition coefficient (Wildman–Crippen LogP) is 6.39. The lowest BCUT2D eigenvalue weighted by atomic mass is 9.81. The number of benzene rings is 3. The molecule has 7 heteroatoms. The Labute approximate surface area is 244 Å². The Morgan fingerprint density at radius 3 is 2.55 bits per heavy atom. The van der Waals surface area contributed by atoms with E-state index in [-0.39, 0.29) is 24.7 Å². The first kappa shape index (κ1) is 27.5. The zero-order valence-electron chi connectivity index (χ0n) is 23.5. The second-order valence-corrected chi connectivity index (χ2v) is 11.1. The number of nitrogens with zero attached hydrogens (tertiary/aromatic N) is 1. The number of carboxylic acids is 1. The van der Waals surface area contributed by atoms with E-state index in [2.05, 4.69) is 28.1 Å². The van der Waals surface area contributed by atoms with Gasteiger partial charge in [0.1, 0.15) is 12.4 Å². The number of ether oxygens (including phenoxy) is 1. The summed E-state index contributed by atoms with van der Waals surface area (Å²) in [6.07, 6.45) is 8.83. The lowest BCUT2D eigenvalue weighted by Gasteiger charge is -2.23. The van der Waals surface area contributed by atoms with Gasteiger partial charge in [0, 0.05) is 34.5 Å². The summed E-state index contributed by atoms with van der Waals surface area (Å²) < 4.78 is 8.46. The lowest BCUT2D eigenvalue weighted by molar-refractivity contribution is -0.131. The summed E-state index contributed by atoms with van der Waals surface area (Å²) in [7, 11) is 0. The van der Waals surface area contributed by atoms with Gasteiger partial charge in [0.2, 0.25) is 0 Å². The van der Waals surface area contributed by atoms with Crippen molar-refractivity contribution in [3.05, 3.63) is 95.1 Å². The van der Waals surface area contributed by atoms with Crippen LogP contribution in [0.5, 0.6) is 5.75 Å². The number of carbonyl (C=O) groups is 3. The van der Waals surface area contributed by atoms with Gasteiger partial charge in [0.25, 0.3) is 5.91 Å². The molecule has 1 aromatic heterocycles. The summed E-state index contributed by atoms with van der Waals surface area (Å²) >= 11 is 0. The molecule has 7 nitrogen and oxygen atoms in total. The van der Waals surface area contributed by atoms with Gasteiger partial charge in [0.05, 0.1) is 18.8 Å². The number of Topliss-reactive ketones (excluding diaryl/α,β-unsaturated/α-hetero) is 1. The Hall–Kier alpha value is -4.65. The van der Waals surface area contributed by atoms with E-state index in [0.29, 0.717) is 24.6 Å². The zero-order chi connectivity index (χ0) is 29.1. The van der Waals surface area contributed by atoms with Crippen LogP contribution in [0.25, 0.3) is 28.2 Å². The summed E-state index contributed by atoms with van der Waals surface area (Å²) in [5.74, 6) is -0.0229. The average molecular weight is 563 g/mol. The maximum Gasteiger partial charge on any atom is 0.328 e. The molecule has 2 heterocycles. The highest BCUT2D eigenvalue weighted by molar-refractivity contribution is 6.02. The molecule has 1 saturated carbocycles. The largest absolute Gasteiger partial charge is 0.491 e. The van der Waals surface area contributed by atoms with Crippen molar-refractivity contribution in [2.24, 2.45) is 0 Å². The first-order valence-electron chi connectivity index (χ1n) is 14.7. The van der Waals surface area contributed by atoms with E-state index in [1.54, 1.807) is 24.3 Å². The number of carboxylic acid groups (broad SMARTS) is 1. The van der Waals surface area contributed by atoms with Gasteiger partial charge in [-0.1, -0.05) is 61.7 Å². The van der Waals surface area contributed by atoms with Gasteiger partial charge in [0.15, 0.2) is 5.78 Å². The van der Waals surface area contributed by atoms with Crippen molar-refractivity contribution >= 4 is 34.6 Å². The minimum absolute atomic E-state index is 0.0711. The molecule has 214 valence electrons. The summed E-state index contributed by atoms with van der Waals surface area (Å²) in [5, 5.41) is 12.8. The summed E-state index contributed by atoms with van der Waals surface area (Å²) in [6, 6.07) is 21.3. The van der Waals surface area contributed by atoms with E-state index < -0.39 is 5.97 Å². The Bertz CT molecular complexity index is 1680. The van der Waals surface area contributed by atoms with Crippen LogP contribution in [0.2, 0.25) is 0 Å². The molecule has 42 heavy (non-hydrogen) atoms. The van der Waals surface area contributed by atoms with Crippen LogP contribution in [0.3, 0.4) is 0 Å². The summed E-state index contributed by atoms with van der Waals surface area (Å²) in [6.45, 7) is 1.18. The molecule has 2 N–H and O–H groups in total. The minimum Gasteiger partial charge on any atom is -0.491 e. The number of amides is 1. The lowest BCUT2D eigenvalue weighted by Crippen LogP contribution is -2.30. The molecule has 2 aliphatic rings. The van der Waals surface area contributed by atoms with Gasteiger partial charge in [-0.25, -0.2) is 4.79 Å². The molecule has 0 saturated heterocycles. The molecule has 1 amide bonds. The highest BCUT2D eigenvalue weighted by Crippen LogP contribution is 2.47. The third kappa shape index (κ3) is 5.73. The van der Waals surface area contributed by atoms with Crippen molar-refractivity contribution in [2.45, 2.75) is 51.0 Å². The van der Waals surface area contributed by atoms with Gasteiger partial charge in [-0.3, -0.25) is 9.59 Å². The fourth-order valence-electron chi connectivity index (χ4n) is 6.36. The Morgan fingerprint density at radius 1 is 0.976 bits per heavy atom.